The SMILES string of the molecule is COc1cc2c(OCCN3CCCCC3)c(C)ccc2cc1C(C)C. The number of nitrogens with zero attached hydrogens (tertiary/aromatic N) is 1. The molecule has 1 fully saturated rings. The second-order valence-electron chi connectivity index (χ2n) is 7.43. The van der Waals surface area contributed by atoms with Crippen LogP contribution in [0.1, 0.15) is 50.2 Å². The average molecular weight is 341 g/mol. The van der Waals surface area contributed by atoms with Crippen molar-refractivity contribution in [1.29, 1.82) is 0 Å². The van der Waals surface area contributed by atoms with Crippen molar-refractivity contribution >= 4 is 10.8 Å². The summed E-state index contributed by atoms with van der Waals surface area (Å²) in [6.07, 6.45) is 4.02. The molecule has 25 heavy (non-hydrogen) atoms. The van der Waals surface area contributed by atoms with E-state index >= 15 is 0 Å². The van der Waals surface area contributed by atoms with Gasteiger partial charge in [0.1, 0.15) is 18.1 Å². The van der Waals surface area contributed by atoms with Crippen molar-refractivity contribution in [3.05, 3.63) is 35.4 Å². The number of fused-ring (bicyclic) bond motifs is 1. The molecule has 136 valence electrons. The molecule has 1 aliphatic rings. The minimum atomic E-state index is 0.434. The van der Waals surface area contributed by atoms with Gasteiger partial charge in [-0.25, -0.2) is 0 Å². The molecule has 1 aliphatic heterocycles. The summed E-state index contributed by atoms with van der Waals surface area (Å²) < 4.78 is 11.9. The van der Waals surface area contributed by atoms with Crippen molar-refractivity contribution in [2.45, 2.75) is 46.0 Å². The van der Waals surface area contributed by atoms with Crippen LogP contribution >= 0.6 is 0 Å². The lowest BCUT2D eigenvalue weighted by molar-refractivity contribution is 0.184. The highest BCUT2D eigenvalue weighted by Crippen LogP contribution is 2.37. The molecule has 2 aromatic carbocycles. The fourth-order valence-corrected chi connectivity index (χ4v) is 3.73. The second-order valence-corrected chi connectivity index (χ2v) is 7.43. The Morgan fingerprint density at radius 3 is 2.52 bits per heavy atom. The lowest BCUT2D eigenvalue weighted by Crippen LogP contribution is -2.33. The Labute approximate surface area is 151 Å². The lowest BCUT2D eigenvalue weighted by Gasteiger charge is -2.26. The first-order chi connectivity index (χ1) is 12.1. The fraction of sp³-hybridized carbons (Fsp3) is 0.545. The van der Waals surface area contributed by atoms with Gasteiger partial charge >= 0.3 is 0 Å². The van der Waals surface area contributed by atoms with Crippen LogP contribution in [0.25, 0.3) is 10.8 Å². The van der Waals surface area contributed by atoms with Crippen LogP contribution in [0.2, 0.25) is 0 Å². The van der Waals surface area contributed by atoms with Gasteiger partial charge in [0.15, 0.2) is 0 Å². The number of methoxy groups -OCH3 is 1. The summed E-state index contributed by atoms with van der Waals surface area (Å²) >= 11 is 0. The first-order valence-electron chi connectivity index (χ1n) is 9.56. The molecule has 0 atom stereocenters. The van der Waals surface area contributed by atoms with Crippen molar-refractivity contribution in [2.24, 2.45) is 0 Å². The standard InChI is InChI=1S/C22H31NO2/c1-16(2)19-14-18-9-8-17(3)22(20(18)15-21(19)24-4)25-13-12-23-10-6-5-7-11-23/h8-9,14-16H,5-7,10-13H2,1-4H3. The number of hydrogen-bond donors (Lipinski definition) is 0. The maximum atomic E-state index is 6.26. The summed E-state index contributed by atoms with van der Waals surface area (Å²) in [5.74, 6) is 2.39. The van der Waals surface area contributed by atoms with Gasteiger partial charge in [-0.3, -0.25) is 4.90 Å². The van der Waals surface area contributed by atoms with Crippen LogP contribution in [0.3, 0.4) is 0 Å². The number of aryl methyl sites for hydroxylation is 1. The highest BCUT2D eigenvalue weighted by molar-refractivity contribution is 5.91. The van der Waals surface area contributed by atoms with E-state index in [1.54, 1.807) is 7.11 Å². The van der Waals surface area contributed by atoms with Crippen molar-refractivity contribution < 1.29 is 9.47 Å². The van der Waals surface area contributed by atoms with Gasteiger partial charge in [-0.05, 0) is 67.4 Å². The lowest BCUT2D eigenvalue weighted by atomic mass is 9.96. The smallest absolute Gasteiger partial charge is 0.130 e. The predicted molar refractivity (Wildman–Crippen MR) is 105 cm³/mol. The number of piperidine rings is 1. The van der Waals surface area contributed by atoms with Crippen molar-refractivity contribution in [1.82, 2.24) is 4.90 Å². The number of benzene rings is 2. The average Bonchev–Trinajstić information content (AvgIpc) is 2.63. The highest BCUT2D eigenvalue weighted by atomic mass is 16.5. The summed E-state index contributed by atoms with van der Waals surface area (Å²) in [4.78, 5) is 2.52. The highest BCUT2D eigenvalue weighted by Gasteiger charge is 2.14. The topological polar surface area (TPSA) is 21.7 Å². The molecule has 0 saturated carbocycles. The molecule has 0 bridgehead atoms. The Morgan fingerprint density at radius 2 is 1.84 bits per heavy atom. The van der Waals surface area contributed by atoms with Crippen LogP contribution in [-0.2, 0) is 0 Å². The van der Waals surface area contributed by atoms with Gasteiger partial charge in [0.2, 0.25) is 0 Å². The first kappa shape index (κ1) is 18.1. The van der Waals surface area contributed by atoms with Crippen molar-refractivity contribution in [3.63, 3.8) is 0 Å². The minimum Gasteiger partial charge on any atom is -0.496 e. The summed E-state index contributed by atoms with van der Waals surface area (Å²) in [6, 6.07) is 8.74. The zero-order valence-corrected chi connectivity index (χ0v) is 16.1. The van der Waals surface area contributed by atoms with Crippen LogP contribution < -0.4 is 9.47 Å². The van der Waals surface area contributed by atoms with E-state index in [9.17, 15) is 0 Å². The normalized spacial score (nSPS) is 15.7. The quantitative estimate of drug-likeness (QED) is 0.726. The summed E-state index contributed by atoms with van der Waals surface area (Å²) in [6.45, 7) is 10.7. The molecule has 0 radical (unpaired) electrons. The number of rotatable bonds is 6. The largest absolute Gasteiger partial charge is 0.496 e. The molecular formula is C22H31NO2. The van der Waals surface area contributed by atoms with Gasteiger partial charge in [-0.15, -0.1) is 0 Å². The fourth-order valence-electron chi connectivity index (χ4n) is 3.73. The van der Waals surface area contributed by atoms with Crippen molar-refractivity contribution in [3.8, 4) is 11.5 Å². The molecule has 1 heterocycles. The molecular weight excluding hydrogens is 310 g/mol. The maximum Gasteiger partial charge on any atom is 0.130 e. The zero-order chi connectivity index (χ0) is 17.8. The molecule has 0 aliphatic carbocycles. The summed E-state index contributed by atoms with van der Waals surface area (Å²) in [5.41, 5.74) is 2.43. The second kappa shape index (κ2) is 8.09. The van der Waals surface area contributed by atoms with Crippen LogP contribution in [-0.4, -0.2) is 38.3 Å². The van der Waals surface area contributed by atoms with Gasteiger partial charge < -0.3 is 9.47 Å². The summed E-state index contributed by atoms with van der Waals surface area (Å²) in [5, 5.41) is 2.38. The van der Waals surface area contributed by atoms with Gasteiger partial charge in [-0.2, -0.15) is 0 Å². The minimum absolute atomic E-state index is 0.434. The Kier molecular flexibility index (Phi) is 5.85. The monoisotopic (exact) mass is 341 g/mol. The molecule has 0 spiro atoms. The Morgan fingerprint density at radius 1 is 1.08 bits per heavy atom. The molecule has 3 heteroatoms. The Bertz CT molecular complexity index is 718. The van der Waals surface area contributed by atoms with Crippen molar-refractivity contribution in [2.75, 3.05) is 33.4 Å². The van der Waals surface area contributed by atoms with Crippen LogP contribution in [0.15, 0.2) is 24.3 Å². The van der Waals surface area contributed by atoms with E-state index in [2.05, 4.69) is 49.9 Å². The Hall–Kier alpha value is -1.74. The van der Waals surface area contributed by atoms with Crippen LogP contribution in [0.5, 0.6) is 11.5 Å². The first-order valence-corrected chi connectivity index (χ1v) is 9.56. The molecule has 2 aromatic rings. The van der Waals surface area contributed by atoms with Crippen LogP contribution in [0.4, 0.5) is 0 Å². The molecule has 3 rings (SSSR count). The molecule has 0 N–H and O–H groups in total. The molecule has 0 unspecified atom stereocenters. The van der Waals surface area contributed by atoms with Gasteiger partial charge in [0.25, 0.3) is 0 Å². The van der Waals surface area contributed by atoms with E-state index in [0.717, 1.165) is 30.0 Å². The molecule has 0 amide bonds. The van der Waals surface area contributed by atoms with E-state index < -0.39 is 0 Å². The third-order valence-corrected chi connectivity index (χ3v) is 5.24. The predicted octanol–water partition coefficient (Wildman–Crippen LogP) is 5.14. The van der Waals surface area contributed by atoms with E-state index in [0.29, 0.717) is 5.92 Å². The Balaban J connectivity index is 1.84. The van der Waals surface area contributed by atoms with Gasteiger partial charge in [0.05, 0.1) is 7.11 Å². The molecule has 3 nitrogen and oxygen atoms in total. The van der Waals surface area contributed by atoms with E-state index in [-0.39, 0.29) is 0 Å². The maximum absolute atomic E-state index is 6.26. The van der Waals surface area contributed by atoms with E-state index in [4.69, 9.17) is 9.47 Å². The molecule has 1 saturated heterocycles. The van der Waals surface area contributed by atoms with Gasteiger partial charge in [-0.1, -0.05) is 32.4 Å². The number of likely N-dealkylation sites (tertiary alicyclic amines) is 1. The van der Waals surface area contributed by atoms with E-state index in [1.807, 2.05) is 0 Å². The number of hydrogen-bond acceptors (Lipinski definition) is 3. The third-order valence-electron chi connectivity index (χ3n) is 5.24. The van der Waals surface area contributed by atoms with Crippen LogP contribution in [0, 0.1) is 6.92 Å². The third kappa shape index (κ3) is 4.09. The number of ether oxygens (including phenoxy) is 2. The zero-order valence-electron chi connectivity index (χ0n) is 16.1. The molecule has 0 aromatic heterocycles. The van der Waals surface area contributed by atoms with Gasteiger partial charge in [0, 0.05) is 11.9 Å². The summed E-state index contributed by atoms with van der Waals surface area (Å²) in [7, 11) is 1.75. The van der Waals surface area contributed by atoms with E-state index in [1.165, 1.54) is 48.9 Å².